The summed E-state index contributed by atoms with van der Waals surface area (Å²) in [5, 5.41) is 5.42. The zero-order valence-corrected chi connectivity index (χ0v) is 11.2. The summed E-state index contributed by atoms with van der Waals surface area (Å²) in [7, 11) is -1.87. The van der Waals surface area contributed by atoms with Crippen molar-refractivity contribution in [3.63, 3.8) is 0 Å². The minimum absolute atomic E-state index is 0.0141. The smallest absolute Gasteiger partial charge is 0.234 e. The molecule has 0 unspecified atom stereocenters. The number of para-hydroxylation sites is 1. The fourth-order valence-electron chi connectivity index (χ4n) is 1.42. The van der Waals surface area contributed by atoms with Crippen LogP contribution < -0.4 is 10.6 Å². The van der Waals surface area contributed by atoms with E-state index in [4.69, 9.17) is 0 Å². The van der Waals surface area contributed by atoms with Crippen molar-refractivity contribution in [2.45, 2.75) is 6.42 Å². The minimum Gasteiger partial charge on any atom is -0.385 e. The van der Waals surface area contributed by atoms with E-state index in [1.165, 1.54) is 7.05 Å². The first-order valence-electron chi connectivity index (χ1n) is 5.73. The maximum Gasteiger partial charge on any atom is 0.234 e. The zero-order chi connectivity index (χ0) is 13.4. The highest BCUT2D eigenvalue weighted by Crippen LogP contribution is 2.05. The summed E-state index contributed by atoms with van der Waals surface area (Å²) in [6.45, 7) is 0.566. The van der Waals surface area contributed by atoms with E-state index in [0.717, 1.165) is 5.69 Å². The minimum atomic E-state index is -3.30. The first-order chi connectivity index (χ1) is 8.53. The third-order valence-electron chi connectivity index (χ3n) is 2.36. The third kappa shape index (κ3) is 5.67. The molecule has 1 aromatic rings. The molecule has 0 saturated carbocycles. The third-order valence-corrected chi connectivity index (χ3v) is 3.98. The van der Waals surface area contributed by atoms with Gasteiger partial charge in [-0.3, -0.25) is 4.79 Å². The number of carbonyl (C=O) groups excluding carboxylic acids is 1. The Morgan fingerprint density at radius 3 is 2.50 bits per heavy atom. The van der Waals surface area contributed by atoms with Gasteiger partial charge in [0.05, 0.1) is 5.75 Å². The number of carbonyl (C=O) groups is 1. The Hall–Kier alpha value is -1.56. The summed E-state index contributed by atoms with van der Waals surface area (Å²) in [6, 6.07) is 9.56. The number of sulfone groups is 1. The lowest BCUT2D eigenvalue weighted by Crippen LogP contribution is -2.28. The molecule has 1 amide bonds. The van der Waals surface area contributed by atoms with Crippen LogP contribution in [0, 0.1) is 0 Å². The average Bonchev–Trinajstić information content (AvgIpc) is 2.35. The number of nitrogens with one attached hydrogen (secondary N) is 2. The van der Waals surface area contributed by atoms with Crippen LogP contribution in [-0.4, -0.2) is 39.4 Å². The van der Waals surface area contributed by atoms with Crippen LogP contribution in [0.15, 0.2) is 30.3 Å². The quantitative estimate of drug-likeness (QED) is 0.713. The molecule has 0 aliphatic carbocycles. The molecule has 0 saturated heterocycles. The van der Waals surface area contributed by atoms with E-state index >= 15 is 0 Å². The Bertz CT molecular complexity index is 471. The van der Waals surface area contributed by atoms with Gasteiger partial charge in [-0.2, -0.15) is 0 Å². The van der Waals surface area contributed by atoms with Gasteiger partial charge in [0.2, 0.25) is 5.91 Å². The van der Waals surface area contributed by atoms with E-state index in [9.17, 15) is 13.2 Å². The van der Waals surface area contributed by atoms with Crippen LogP contribution in [0.2, 0.25) is 0 Å². The largest absolute Gasteiger partial charge is 0.385 e. The molecule has 2 N–H and O–H groups in total. The van der Waals surface area contributed by atoms with Gasteiger partial charge in [-0.15, -0.1) is 0 Å². The van der Waals surface area contributed by atoms with Crippen molar-refractivity contribution in [1.82, 2.24) is 5.32 Å². The van der Waals surface area contributed by atoms with Gasteiger partial charge in [0.15, 0.2) is 9.84 Å². The maximum absolute atomic E-state index is 11.5. The standard InChI is InChI=1S/C12H18N2O3S/c1-13-12(15)10-18(16,17)9-5-8-14-11-6-3-2-4-7-11/h2-4,6-7,14H,5,8-10H2,1H3,(H,13,15). The van der Waals surface area contributed by atoms with Gasteiger partial charge < -0.3 is 10.6 Å². The van der Waals surface area contributed by atoms with Crippen molar-refractivity contribution in [1.29, 1.82) is 0 Å². The van der Waals surface area contributed by atoms with Crippen LogP contribution in [0.4, 0.5) is 5.69 Å². The molecule has 0 heterocycles. The van der Waals surface area contributed by atoms with Gasteiger partial charge in [-0.05, 0) is 18.6 Å². The molecular formula is C12H18N2O3S. The summed E-state index contributed by atoms with van der Waals surface area (Å²) in [6.07, 6.45) is 0.480. The molecular weight excluding hydrogens is 252 g/mol. The number of amides is 1. The lowest BCUT2D eigenvalue weighted by atomic mass is 10.3. The van der Waals surface area contributed by atoms with Crippen molar-refractivity contribution < 1.29 is 13.2 Å². The monoisotopic (exact) mass is 270 g/mol. The first-order valence-corrected chi connectivity index (χ1v) is 7.55. The van der Waals surface area contributed by atoms with Gasteiger partial charge in [0.25, 0.3) is 0 Å². The topological polar surface area (TPSA) is 75.3 Å². The Balaban J connectivity index is 2.27. The summed E-state index contributed by atoms with van der Waals surface area (Å²) < 4.78 is 23.0. The highest BCUT2D eigenvalue weighted by molar-refractivity contribution is 7.92. The maximum atomic E-state index is 11.5. The second-order valence-corrected chi connectivity index (χ2v) is 6.10. The predicted molar refractivity (Wildman–Crippen MR) is 72.3 cm³/mol. The van der Waals surface area contributed by atoms with Crippen molar-refractivity contribution in [2.24, 2.45) is 0 Å². The summed E-state index contributed by atoms with van der Waals surface area (Å²) >= 11 is 0. The van der Waals surface area contributed by atoms with Gasteiger partial charge in [-0.25, -0.2) is 8.42 Å². The molecule has 0 spiro atoms. The second kappa shape index (κ2) is 7.00. The van der Waals surface area contributed by atoms with Crippen LogP contribution in [0.1, 0.15) is 6.42 Å². The number of hydrogen-bond acceptors (Lipinski definition) is 4. The molecule has 0 radical (unpaired) electrons. The normalized spacial score (nSPS) is 10.9. The lowest BCUT2D eigenvalue weighted by molar-refractivity contribution is -0.118. The van der Waals surface area contributed by atoms with E-state index in [-0.39, 0.29) is 5.75 Å². The Morgan fingerprint density at radius 1 is 1.22 bits per heavy atom. The van der Waals surface area contributed by atoms with Crippen LogP contribution in [0.25, 0.3) is 0 Å². The molecule has 1 rings (SSSR count). The molecule has 6 heteroatoms. The zero-order valence-electron chi connectivity index (χ0n) is 10.3. The fourth-order valence-corrected chi connectivity index (χ4v) is 2.70. The van der Waals surface area contributed by atoms with E-state index in [1.54, 1.807) is 0 Å². The van der Waals surface area contributed by atoms with Gasteiger partial charge in [0, 0.05) is 19.3 Å². The van der Waals surface area contributed by atoms with Gasteiger partial charge in [-0.1, -0.05) is 18.2 Å². The average molecular weight is 270 g/mol. The molecule has 5 nitrogen and oxygen atoms in total. The van der Waals surface area contributed by atoms with E-state index < -0.39 is 21.5 Å². The van der Waals surface area contributed by atoms with E-state index in [2.05, 4.69) is 10.6 Å². The summed E-state index contributed by atoms with van der Waals surface area (Å²) in [5.41, 5.74) is 0.959. The number of anilines is 1. The van der Waals surface area contributed by atoms with Crippen LogP contribution in [0.3, 0.4) is 0 Å². The van der Waals surface area contributed by atoms with Crippen molar-refractivity contribution in [3.05, 3.63) is 30.3 Å². The van der Waals surface area contributed by atoms with Gasteiger partial charge in [0.1, 0.15) is 5.75 Å². The summed E-state index contributed by atoms with van der Waals surface area (Å²) in [4.78, 5) is 11.0. The molecule has 100 valence electrons. The Morgan fingerprint density at radius 2 is 1.89 bits per heavy atom. The Kier molecular flexibility index (Phi) is 5.64. The molecule has 0 aromatic heterocycles. The molecule has 0 fully saturated rings. The summed E-state index contributed by atoms with van der Waals surface area (Å²) in [5.74, 6) is -0.888. The van der Waals surface area contributed by atoms with E-state index in [0.29, 0.717) is 13.0 Å². The van der Waals surface area contributed by atoms with Crippen LogP contribution >= 0.6 is 0 Å². The lowest BCUT2D eigenvalue weighted by Gasteiger charge is -2.06. The van der Waals surface area contributed by atoms with Gasteiger partial charge >= 0.3 is 0 Å². The molecule has 18 heavy (non-hydrogen) atoms. The SMILES string of the molecule is CNC(=O)CS(=O)(=O)CCCNc1ccccc1. The fraction of sp³-hybridized carbons (Fsp3) is 0.417. The molecule has 0 atom stereocenters. The Labute approximate surface area is 108 Å². The molecule has 0 aliphatic heterocycles. The second-order valence-electron chi connectivity index (χ2n) is 3.91. The predicted octanol–water partition coefficient (Wildman–Crippen LogP) is 0.649. The molecule has 0 aliphatic rings. The highest BCUT2D eigenvalue weighted by atomic mass is 32.2. The molecule has 1 aromatic carbocycles. The van der Waals surface area contributed by atoms with Crippen molar-refractivity contribution in [3.8, 4) is 0 Å². The molecule has 0 bridgehead atoms. The number of hydrogen-bond donors (Lipinski definition) is 2. The van der Waals surface area contributed by atoms with Crippen molar-refractivity contribution in [2.75, 3.05) is 30.4 Å². The highest BCUT2D eigenvalue weighted by Gasteiger charge is 2.14. The number of benzene rings is 1. The number of rotatable bonds is 7. The van der Waals surface area contributed by atoms with Crippen LogP contribution in [-0.2, 0) is 14.6 Å². The van der Waals surface area contributed by atoms with E-state index in [1.807, 2.05) is 30.3 Å². The first kappa shape index (κ1) is 14.5. The van der Waals surface area contributed by atoms with Crippen molar-refractivity contribution >= 4 is 21.4 Å². The van der Waals surface area contributed by atoms with Crippen LogP contribution in [0.5, 0.6) is 0 Å².